The Bertz CT molecular complexity index is 342. The summed E-state index contributed by atoms with van der Waals surface area (Å²) in [6.07, 6.45) is 1.67. The monoisotopic (exact) mass is 224 g/mol. The van der Waals surface area contributed by atoms with E-state index in [-0.39, 0.29) is 12.5 Å². The number of carbonyl (C=O) groups excluding carboxylic acids is 1. The van der Waals surface area contributed by atoms with Gasteiger partial charge in [-0.15, -0.1) is 0 Å². The van der Waals surface area contributed by atoms with Crippen molar-refractivity contribution in [1.29, 1.82) is 0 Å². The Kier molecular flexibility index (Phi) is 5.28. The predicted octanol–water partition coefficient (Wildman–Crippen LogP) is 0.743. The van der Waals surface area contributed by atoms with Crippen molar-refractivity contribution in [3.63, 3.8) is 0 Å². The van der Waals surface area contributed by atoms with E-state index in [1.807, 2.05) is 12.1 Å². The van der Waals surface area contributed by atoms with Crippen molar-refractivity contribution in [1.82, 2.24) is 10.3 Å². The Hall–Kier alpha value is -1.62. The summed E-state index contributed by atoms with van der Waals surface area (Å²) in [5.41, 5.74) is 1.01. The van der Waals surface area contributed by atoms with Crippen LogP contribution in [0.4, 0.5) is 0 Å². The van der Waals surface area contributed by atoms with Gasteiger partial charge >= 0.3 is 5.97 Å². The number of aromatic nitrogens is 1. The van der Waals surface area contributed by atoms with E-state index in [1.165, 1.54) is 0 Å². The Morgan fingerprint density at radius 2 is 2.38 bits per heavy atom. The highest BCUT2D eigenvalue weighted by Crippen LogP contribution is 2.07. The number of pyridine rings is 1. The number of ether oxygens (including phenoxy) is 2. The summed E-state index contributed by atoms with van der Waals surface area (Å²) in [6, 6.07) is 3.68. The summed E-state index contributed by atoms with van der Waals surface area (Å²) >= 11 is 0. The van der Waals surface area contributed by atoms with Gasteiger partial charge in [0.1, 0.15) is 0 Å². The average Bonchev–Trinajstić information content (AvgIpc) is 2.30. The van der Waals surface area contributed by atoms with Gasteiger partial charge in [0.25, 0.3) is 0 Å². The number of esters is 1. The van der Waals surface area contributed by atoms with Gasteiger partial charge < -0.3 is 14.8 Å². The molecule has 0 fully saturated rings. The van der Waals surface area contributed by atoms with E-state index in [2.05, 4.69) is 10.3 Å². The summed E-state index contributed by atoms with van der Waals surface area (Å²) < 4.78 is 9.78. The van der Waals surface area contributed by atoms with E-state index >= 15 is 0 Å². The van der Waals surface area contributed by atoms with E-state index in [1.54, 1.807) is 20.2 Å². The van der Waals surface area contributed by atoms with Crippen LogP contribution in [0.5, 0.6) is 5.88 Å². The molecule has 0 spiro atoms. The molecule has 0 aromatic carbocycles. The zero-order valence-corrected chi connectivity index (χ0v) is 9.53. The first-order valence-electron chi connectivity index (χ1n) is 5.11. The lowest BCUT2D eigenvalue weighted by Gasteiger charge is -2.05. The van der Waals surface area contributed by atoms with Crippen LogP contribution in [-0.4, -0.2) is 31.2 Å². The molecule has 16 heavy (non-hydrogen) atoms. The third-order valence-corrected chi connectivity index (χ3v) is 1.91. The van der Waals surface area contributed by atoms with Gasteiger partial charge in [0.15, 0.2) is 0 Å². The molecule has 0 unspecified atom stereocenters. The molecule has 0 saturated carbocycles. The third-order valence-electron chi connectivity index (χ3n) is 1.91. The third kappa shape index (κ3) is 4.27. The van der Waals surface area contributed by atoms with E-state index in [0.717, 1.165) is 5.56 Å². The zero-order valence-electron chi connectivity index (χ0n) is 9.53. The number of carbonyl (C=O) groups is 1. The lowest BCUT2D eigenvalue weighted by molar-refractivity contribution is -0.142. The molecular formula is C11H16N2O3. The maximum Gasteiger partial charge on any atom is 0.319 e. The molecule has 1 N–H and O–H groups in total. The Balaban J connectivity index is 2.34. The number of nitrogens with one attached hydrogen (secondary N) is 1. The molecule has 5 heteroatoms. The molecule has 1 aromatic rings. The molecule has 88 valence electrons. The number of nitrogens with zero attached hydrogens (tertiary/aromatic N) is 1. The van der Waals surface area contributed by atoms with Crippen molar-refractivity contribution < 1.29 is 14.3 Å². The fraction of sp³-hybridized carbons (Fsp3) is 0.455. The van der Waals surface area contributed by atoms with Crippen LogP contribution in [0.15, 0.2) is 18.3 Å². The molecule has 1 heterocycles. The molecule has 0 radical (unpaired) electrons. The van der Waals surface area contributed by atoms with Gasteiger partial charge in [0.05, 0.1) is 20.3 Å². The highest BCUT2D eigenvalue weighted by Gasteiger charge is 2.01. The second-order valence-corrected chi connectivity index (χ2v) is 3.12. The molecule has 0 amide bonds. The molecular weight excluding hydrogens is 208 g/mol. The summed E-state index contributed by atoms with van der Waals surface area (Å²) in [5, 5.41) is 2.98. The predicted molar refractivity (Wildman–Crippen MR) is 59.1 cm³/mol. The zero-order chi connectivity index (χ0) is 11.8. The van der Waals surface area contributed by atoms with Crippen LogP contribution in [0.1, 0.15) is 12.5 Å². The Morgan fingerprint density at radius 1 is 1.56 bits per heavy atom. The van der Waals surface area contributed by atoms with Crippen molar-refractivity contribution in [2.45, 2.75) is 13.5 Å². The molecule has 0 aliphatic heterocycles. The second-order valence-electron chi connectivity index (χ2n) is 3.12. The van der Waals surface area contributed by atoms with Crippen molar-refractivity contribution in [2.24, 2.45) is 0 Å². The normalized spacial score (nSPS) is 9.88. The number of methoxy groups -OCH3 is 1. The van der Waals surface area contributed by atoms with E-state index in [4.69, 9.17) is 9.47 Å². The van der Waals surface area contributed by atoms with Crippen LogP contribution in [0.25, 0.3) is 0 Å². The molecule has 1 rings (SSSR count). The van der Waals surface area contributed by atoms with Crippen molar-refractivity contribution in [2.75, 3.05) is 20.3 Å². The lowest BCUT2D eigenvalue weighted by atomic mass is 10.2. The molecule has 0 aliphatic rings. The highest BCUT2D eigenvalue weighted by molar-refractivity contribution is 5.71. The first-order chi connectivity index (χ1) is 7.76. The minimum Gasteiger partial charge on any atom is -0.481 e. The number of hydrogen-bond donors (Lipinski definition) is 1. The maximum absolute atomic E-state index is 11.0. The first kappa shape index (κ1) is 12.4. The van der Waals surface area contributed by atoms with E-state index < -0.39 is 0 Å². The fourth-order valence-electron chi connectivity index (χ4n) is 1.19. The maximum atomic E-state index is 11.0. The van der Waals surface area contributed by atoms with E-state index in [9.17, 15) is 4.79 Å². The summed E-state index contributed by atoms with van der Waals surface area (Å²) in [5.74, 6) is 0.318. The van der Waals surface area contributed by atoms with Crippen molar-refractivity contribution in [3.05, 3.63) is 23.9 Å². The standard InChI is InChI=1S/C11H16N2O3/c1-3-16-11(14)8-12-7-9-4-5-13-10(6-9)15-2/h4-6,12H,3,7-8H2,1-2H3. The Morgan fingerprint density at radius 3 is 3.06 bits per heavy atom. The second kappa shape index (κ2) is 6.79. The van der Waals surface area contributed by atoms with Crippen LogP contribution < -0.4 is 10.1 Å². The molecule has 0 saturated heterocycles. The molecule has 0 aliphatic carbocycles. The van der Waals surface area contributed by atoms with Crippen LogP contribution >= 0.6 is 0 Å². The summed E-state index contributed by atoms with van der Waals surface area (Å²) in [4.78, 5) is 15.0. The topological polar surface area (TPSA) is 60.5 Å². The van der Waals surface area contributed by atoms with Crippen molar-refractivity contribution in [3.8, 4) is 5.88 Å². The number of rotatable bonds is 6. The number of hydrogen-bond acceptors (Lipinski definition) is 5. The van der Waals surface area contributed by atoms with Crippen LogP contribution in [-0.2, 0) is 16.1 Å². The first-order valence-corrected chi connectivity index (χ1v) is 5.11. The molecule has 5 nitrogen and oxygen atoms in total. The van der Waals surface area contributed by atoms with Gasteiger partial charge in [-0.3, -0.25) is 4.79 Å². The average molecular weight is 224 g/mol. The van der Waals surface area contributed by atoms with Gasteiger partial charge in [-0.05, 0) is 18.6 Å². The highest BCUT2D eigenvalue weighted by atomic mass is 16.5. The van der Waals surface area contributed by atoms with Gasteiger partial charge in [0.2, 0.25) is 5.88 Å². The SMILES string of the molecule is CCOC(=O)CNCc1ccnc(OC)c1. The molecule has 0 atom stereocenters. The summed E-state index contributed by atoms with van der Waals surface area (Å²) in [7, 11) is 1.57. The van der Waals surface area contributed by atoms with E-state index in [0.29, 0.717) is 19.0 Å². The van der Waals surface area contributed by atoms with Crippen LogP contribution in [0.3, 0.4) is 0 Å². The van der Waals surface area contributed by atoms with Gasteiger partial charge in [0, 0.05) is 18.8 Å². The summed E-state index contributed by atoms with van der Waals surface area (Å²) in [6.45, 7) is 2.98. The van der Waals surface area contributed by atoms with Crippen LogP contribution in [0.2, 0.25) is 0 Å². The van der Waals surface area contributed by atoms with Gasteiger partial charge in [-0.1, -0.05) is 0 Å². The fourth-order valence-corrected chi connectivity index (χ4v) is 1.19. The Labute approximate surface area is 94.8 Å². The van der Waals surface area contributed by atoms with Crippen molar-refractivity contribution >= 4 is 5.97 Å². The minimum atomic E-state index is -0.247. The largest absolute Gasteiger partial charge is 0.481 e. The molecule has 1 aromatic heterocycles. The lowest BCUT2D eigenvalue weighted by Crippen LogP contribution is -2.24. The van der Waals surface area contributed by atoms with Crippen LogP contribution in [0, 0.1) is 0 Å². The quantitative estimate of drug-likeness (QED) is 0.722. The minimum absolute atomic E-state index is 0.207. The van der Waals surface area contributed by atoms with Gasteiger partial charge in [-0.25, -0.2) is 4.98 Å². The molecule has 0 bridgehead atoms. The smallest absolute Gasteiger partial charge is 0.319 e. The van der Waals surface area contributed by atoms with Gasteiger partial charge in [-0.2, -0.15) is 0 Å².